The first kappa shape index (κ1) is 17.1. The summed E-state index contributed by atoms with van der Waals surface area (Å²) in [4.78, 5) is 23.2. The molecule has 1 amide bonds. The Kier molecular flexibility index (Phi) is 4.48. The summed E-state index contributed by atoms with van der Waals surface area (Å²) in [5, 5.41) is 7.93. The molecule has 0 aromatic carbocycles. The molecule has 1 aliphatic rings. The Morgan fingerprint density at radius 3 is 3.04 bits per heavy atom. The van der Waals surface area contributed by atoms with Gasteiger partial charge in [-0.05, 0) is 45.1 Å². The van der Waals surface area contributed by atoms with Gasteiger partial charge in [0.15, 0.2) is 10.8 Å². The first-order valence-electron chi connectivity index (χ1n) is 9.17. The van der Waals surface area contributed by atoms with Crippen LogP contribution in [0.2, 0.25) is 0 Å². The molecule has 1 atom stereocenters. The monoisotopic (exact) mass is 369 g/mol. The summed E-state index contributed by atoms with van der Waals surface area (Å²) in [5.74, 6) is 0.556. The molecule has 136 valence electrons. The molecule has 0 aliphatic heterocycles. The van der Waals surface area contributed by atoms with Gasteiger partial charge >= 0.3 is 0 Å². The highest BCUT2D eigenvalue weighted by atomic mass is 32.1. The minimum Gasteiger partial charge on any atom is -0.298 e. The lowest BCUT2D eigenvalue weighted by Gasteiger charge is -2.19. The van der Waals surface area contributed by atoms with Crippen LogP contribution >= 0.6 is 11.3 Å². The second-order valence-corrected chi connectivity index (χ2v) is 8.16. The van der Waals surface area contributed by atoms with Gasteiger partial charge in [0.1, 0.15) is 5.56 Å². The number of aromatic nitrogens is 4. The van der Waals surface area contributed by atoms with Gasteiger partial charge in [-0.3, -0.25) is 10.1 Å². The molecule has 3 heterocycles. The predicted octanol–water partition coefficient (Wildman–Crippen LogP) is 3.96. The zero-order valence-electron chi connectivity index (χ0n) is 15.4. The van der Waals surface area contributed by atoms with Crippen LogP contribution in [0.4, 0.5) is 5.13 Å². The molecular weight excluding hydrogens is 346 g/mol. The highest BCUT2D eigenvalue weighted by Gasteiger charge is 2.23. The van der Waals surface area contributed by atoms with Gasteiger partial charge in [-0.15, -0.1) is 11.3 Å². The quantitative estimate of drug-likeness (QED) is 0.755. The fourth-order valence-electron chi connectivity index (χ4n) is 3.75. The molecule has 1 N–H and O–H groups in total. The van der Waals surface area contributed by atoms with Gasteiger partial charge in [-0.1, -0.05) is 19.8 Å². The molecule has 0 radical (unpaired) electrons. The molecule has 3 aromatic rings. The van der Waals surface area contributed by atoms with Crippen molar-refractivity contribution < 1.29 is 4.79 Å². The van der Waals surface area contributed by atoms with Crippen molar-refractivity contribution in [1.82, 2.24) is 19.6 Å². The maximum Gasteiger partial charge on any atom is 0.262 e. The van der Waals surface area contributed by atoms with Crippen LogP contribution in [0.1, 0.15) is 58.5 Å². The molecule has 3 aromatic heterocycles. The van der Waals surface area contributed by atoms with Crippen LogP contribution in [0.3, 0.4) is 0 Å². The van der Waals surface area contributed by atoms with Gasteiger partial charge in [0, 0.05) is 16.3 Å². The van der Waals surface area contributed by atoms with E-state index in [1.807, 2.05) is 19.9 Å². The minimum absolute atomic E-state index is 0.200. The van der Waals surface area contributed by atoms with E-state index in [4.69, 9.17) is 0 Å². The van der Waals surface area contributed by atoms with Crippen LogP contribution in [0, 0.1) is 19.8 Å². The maximum atomic E-state index is 12.8. The number of anilines is 1. The molecule has 26 heavy (non-hydrogen) atoms. The average Bonchev–Trinajstić information content (AvgIpc) is 3.18. The molecule has 0 fully saturated rings. The Morgan fingerprint density at radius 2 is 2.23 bits per heavy atom. The van der Waals surface area contributed by atoms with Crippen molar-refractivity contribution in [2.75, 3.05) is 5.32 Å². The largest absolute Gasteiger partial charge is 0.298 e. The van der Waals surface area contributed by atoms with Crippen molar-refractivity contribution in [3.63, 3.8) is 0 Å². The molecular formula is C19H23N5OS. The van der Waals surface area contributed by atoms with Crippen LogP contribution in [-0.4, -0.2) is 25.5 Å². The Bertz CT molecular complexity index is 974. The molecule has 0 spiro atoms. The van der Waals surface area contributed by atoms with Crippen LogP contribution in [0.5, 0.6) is 0 Å². The number of carbonyl (C=O) groups excluding carboxylic acids is 1. The van der Waals surface area contributed by atoms with E-state index in [1.54, 1.807) is 22.0 Å². The standard InChI is InChI=1S/C19H23N5OS/c1-4-5-13-6-7-15-16(9-13)26-19(22-15)23-18(25)14-10-20-24-12(3)8-11(2)21-17(14)24/h8,10,13H,4-7,9H2,1-3H3,(H,22,23,25). The third-order valence-electron chi connectivity index (χ3n) is 4.98. The average molecular weight is 369 g/mol. The number of rotatable bonds is 4. The number of nitrogens with one attached hydrogen (secondary N) is 1. The van der Waals surface area contributed by atoms with Crippen LogP contribution in [0.15, 0.2) is 12.3 Å². The first-order chi connectivity index (χ1) is 12.5. The number of hydrogen-bond donors (Lipinski definition) is 1. The second-order valence-electron chi connectivity index (χ2n) is 7.07. The lowest BCUT2D eigenvalue weighted by atomic mass is 9.88. The fourth-order valence-corrected chi connectivity index (χ4v) is 4.86. The van der Waals surface area contributed by atoms with Gasteiger partial charge in [0.25, 0.3) is 5.91 Å². The second kappa shape index (κ2) is 6.79. The van der Waals surface area contributed by atoms with Crippen molar-refractivity contribution >= 4 is 28.0 Å². The summed E-state index contributed by atoms with van der Waals surface area (Å²) in [5.41, 5.74) is 4.05. The molecule has 6 nitrogen and oxygen atoms in total. The SMILES string of the molecule is CCCC1CCc2nc(NC(=O)c3cnn4c(C)cc(C)nc34)sc2C1. The number of aryl methyl sites for hydroxylation is 3. The smallest absolute Gasteiger partial charge is 0.262 e. The number of fused-ring (bicyclic) bond motifs is 2. The zero-order chi connectivity index (χ0) is 18.3. The predicted molar refractivity (Wildman–Crippen MR) is 103 cm³/mol. The van der Waals surface area contributed by atoms with Gasteiger partial charge in [-0.2, -0.15) is 5.10 Å². The minimum atomic E-state index is -0.200. The molecule has 4 rings (SSSR count). The van der Waals surface area contributed by atoms with E-state index in [0.717, 1.165) is 35.8 Å². The molecule has 1 unspecified atom stereocenters. The summed E-state index contributed by atoms with van der Waals surface area (Å²) in [7, 11) is 0. The number of hydrogen-bond acceptors (Lipinski definition) is 5. The number of thiazole rings is 1. The van der Waals surface area contributed by atoms with Crippen molar-refractivity contribution in [1.29, 1.82) is 0 Å². The van der Waals surface area contributed by atoms with Crippen LogP contribution in [-0.2, 0) is 12.8 Å². The van der Waals surface area contributed by atoms with E-state index in [9.17, 15) is 4.79 Å². The van der Waals surface area contributed by atoms with E-state index < -0.39 is 0 Å². The normalized spacial score (nSPS) is 16.7. The Balaban J connectivity index is 1.56. The fraction of sp³-hybridized carbons (Fsp3) is 0.474. The Labute approximate surface area is 156 Å². The number of nitrogens with zero attached hydrogens (tertiary/aromatic N) is 4. The van der Waals surface area contributed by atoms with Crippen LogP contribution in [0.25, 0.3) is 5.65 Å². The van der Waals surface area contributed by atoms with Crippen molar-refractivity contribution in [3.05, 3.63) is 39.8 Å². The summed E-state index contributed by atoms with van der Waals surface area (Å²) >= 11 is 1.61. The Hall–Kier alpha value is -2.28. The highest BCUT2D eigenvalue weighted by Crippen LogP contribution is 2.34. The summed E-state index contributed by atoms with van der Waals surface area (Å²) in [6.45, 7) is 6.11. The van der Waals surface area contributed by atoms with Gasteiger partial charge in [0.2, 0.25) is 0 Å². The third kappa shape index (κ3) is 3.11. The summed E-state index contributed by atoms with van der Waals surface area (Å²) < 4.78 is 1.70. The molecule has 0 saturated heterocycles. The number of amides is 1. The molecule has 0 saturated carbocycles. The summed E-state index contributed by atoms with van der Waals surface area (Å²) in [6, 6.07) is 1.95. The lowest BCUT2D eigenvalue weighted by Crippen LogP contribution is -2.13. The highest BCUT2D eigenvalue weighted by molar-refractivity contribution is 7.15. The summed E-state index contributed by atoms with van der Waals surface area (Å²) in [6.07, 6.45) is 7.38. The van der Waals surface area contributed by atoms with E-state index >= 15 is 0 Å². The Morgan fingerprint density at radius 1 is 1.38 bits per heavy atom. The van der Waals surface area contributed by atoms with Gasteiger partial charge in [-0.25, -0.2) is 14.5 Å². The number of carbonyl (C=O) groups is 1. The topological polar surface area (TPSA) is 72.2 Å². The van der Waals surface area contributed by atoms with Crippen LogP contribution < -0.4 is 5.32 Å². The van der Waals surface area contributed by atoms with E-state index in [-0.39, 0.29) is 5.91 Å². The van der Waals surface area contributed by atoms with Gasteiger partial charge < -0.3 is 0 Å². The third-order valence-corrected chi connectivity index (χ3v) is 6.02. The molecule has 1 aliphatic carbocycles. The van der Waals surface area contributed by atoms with Crippen molar-refractivity contribution in [2.45, 2.75) is 52.9 Å². The molecule has 7 heteroatoms. The van der Waals surface area contributed by atoms with E-state index in [2.05, 4.69) is 27.3 Å². The molecule has 0 bridgehead atoms. The first-order valence-corrected chi connectivity index (χ1v) is 9.98. The lowest BCUT2D eigenvalue weighted by molar-refractivity contribution is 0.102. The van der Waals surface area contributed by atoms with Crippen molar-refractivity contribution in [3.8, 4) is 0 Å². The maximum absolute atomic E-state index is 12.8. The van der Waals surface area contributed by atoms with Gasteiger partial charge in [0.05, 0.1) is 11.9 Å². The van der Waals surface area contributed by atoms with E-state index in [1.165, 1.54) is 24.1 Å². The van der Waals surface area contributed by atoms with E-state index in [0.29, 0.717) is 16.3 Å². The van der Waals surface area contributed by atoms with Crippen molar-refractivity contribution in [2.24, 2.45) is 5.92 Å². The zero-order valence-corrected chi connectivity index (χ0v) is 16.2.